The van der Waals surface area contributed by atoms with E-state index < -0.39 is 0 Å². The van der Waals surface area contributed by atoms with Crippen molar-refractivity contribution in [2.45, 2.75) is 20.3 Å². The number of hydrogen-bond acceptors (Lipinski definition) is 3. The minimum Gasteiger partial charge on any atom is -0.493 e. The van der Waals surface area contributed by atoms with Crippen LogP contribution in [0.1, 0.15) is 24.5 Å². The Labute approximate surface area is 152 Å². The van der Waals surface area contributed by atoms with E-state index in [0.29, 0.717) is 16.7 Å². The zero-order valence-electron chi connectivity index (χ0n) is 13.7. The predicted octanol–water partition coefficient (Wildman–Crippen LogP) is 4.76. The van der Waals surface area contributed by atoms with E-state index in [-0.39, 0.29) is 0 Å². The first-order chi connectivity index (χ1) is 11.6. The van der Waals surface area contributed by atoms with Crippen LogP contribution in [0.3, 0.4) is 0 Å². The van der Waals surface area contributed by atoms with Gasteiger partial charge in [0.05, 0.1) is 12.8 Å². The highest BCUT2D eigenvalue weighted by molar-refractivity contribution is 7.80. The third-order valence-corrected chi connectivity index (χ3v) is 3.87. The maximum atomic E-state index is 6.09. The quantitative estimate of drug-likeness (QED) is 0.442. The van der Waals surface area contributed by atoms with Crippen molar-refractivity contribution < 1.29 is 4.74 Å². The monoisotopic (exact) mass is 361 g/mol. The molecular formula is C18H20ClN3OS. The number of rotatable bonds is 6. The number of anilines is 1. The molecular weight excluding hydrogens is 342 g/mol. The van der Waals surface area contributed by atoms with Crippen LogP contribution < -0.4 is 15.5 Å². The molecule has 126 valence electrons. The molecule has 0 fully saturated rings. The van der Waals surface area contributed by atoms with E-state index in [4.69, 9.17) is 28.6 Å². The molecule has 0 aromatic heterocycles. The smallest absolute Gasteiger partial charge is 0.191 e. The average molecular weight is 362 g/mol. The summed E-state index contributed by atoms with van der Waals surface area (Å²) in [6, 6.07) is 13.3. The average Bonchev–Trinajstić information content (AvgIpc) is 2.58. The van der Waals surface area contributed by atoms with E-state index in [0.717, 1.165) is 29.0 Å². The number of halogens is 1. The summed E-state index contributed by atoms with van der Waals surface area (Å²) >= 11 is 11.3. The topological polar surface area (TPSA) is 45.6 Å². The first kappa shape index (κ1) is 18.2. The second-order valence-electron chi connectivity index (χ2n) is 5.12. The molecule has 0 heterocycles. The first-order valence-corrected chi connectivity index (χ1v) is 8.47. The minimum atomic E-state index is 0.392. The Bertz CT molecular complexity index is 734. The van der Waals surface area contributed by atoms with Gasteiger partial charge in [-0.25, -0.2) is 0 Å². The van der Waals surface area contributed by atoms with Gasteiger partial charge < -0.3 is 10.1 Å². The van der Waals surface area contributed by atoms with E-state index in [1.54, 1.807) is 6.21 Å². The lowest BCUT2D eigenvalue weighted by Crippen LogP contribution is -2.24. The lowest BCUT2D eigenvalue weighted by molar-refractivity contribution is 0.317. The molecule has 0 radical (unpaired) electrons. The van der Waals surface area contributed by atoms with Crippen molar-refractivity contribution in [2.75, 3.05) is 11.9 Å². The van der Waals surface area contributed by atoms with Gasteiger partial charge in [-0.3, -0.25) is 5.43 Å². The molecule has 2 N–H and O–H groups in total. The summed E-state index contributed by atoms with van der Waals surface area (Å²) in [7, 11) is 0. The largest absolute Gasteiger partial charge is 0.493 e. The van der Waals surface area contributed by atoms with Crippen molar-refractivity contribution in [1.29, 1.82) is 0 Å². The maximum Gasteiger partial charge on any atom is 0.191 e. The van der Waals surface area contributed by atoms with Crippen LogP contribution in [-0.4, -0.2) is 17.9 Å². The molecule has 0 bridgehead atoms. The highest BCUT2D eigenvalue weighted by Crippen LogP contribution is 2.22. The highest BCUT2D eigenvalue weighted by atomic mass is 35.5. The summed E-state index contributed by atoms with van der Waals surface area (Å²) < 4.78 is 5.69. The van der Waals surface area contributed by atoms with E-state index in [2.05, 4.69) is 22.8 Å². The van der Waals surface area contributed by atoms with Crippen molar-refractivity contribution in [3.63, 3.8) is 0 Å². The Kier molecular flexibility index (Phi) is 7.03. The van der Waals surface area contributed by atoms with Crippen molar-refractivity contribution in [2.24, 2.45) is 5.10 Å². The molecule has 0 atom stereocenters. The van der Waals surface area contributed by atoms with Crippen molar-refractivity contribution >= 4 is 40.8 Å². The molecule has 0 amide bonds. The van der Waals surface area contributed by atoms with E-state index >= 15 is 0 Å². The SMILES string of the molecule is CCCOc1ccccc1/C=N\NC(=S)Nc1cccc(Cl)c1C. The van der Waals surface area contributed by atoms with Crippen molar-refractivity contribution in [1.82, 2.24) is 5.43 Å². The summed E-state index contributed by atoms with van der Waals surface area (Å²) in [6.45, 7) is 4.67. The number of benzene rings is 2. The van der Waals surface area contributed by atoms with Crippen LogP contribution in [0.15, 0.2) is 47.6 Å². The summed E-state index contributed by atoms with van der Waals surface area (Å²) in [6.07, 6.45) is 2.64. The van der Waals surface area contributed by atoms with Crippen LogP contribution in [0.5, 0.6) is 5.75 Å². The normalized spacial score (nSPS) is 10.6. The maximum absolute atomic E-state index is 6.09. The lowest BCUT2D eigenvalue weighted by Gasteiger charge is -2.11. The lowest BCUT2D eigenvalue weighted by atomic mass is 10.2. The number of nitrogens with one attached hydrogen (secondary N) is 2. The Morgan fingerprint density at radius 2 is 2.04 bits per heavy atom. The highest BCUT2D eigenvalue weighted by Gasteiger charge is 2.03. The van der Waals surface area contributed by atoms with Gasteiger partial charge in [0, 0.05) is 16.3 Å². The summed E-state index contributed by atoms with van der Waals surface area (Å²) in [5.74, 6) is 0.800. The van der Waals surface area contributed by atoms with Gasteiger partial charge in [-0.15, -0.1) is 0 Å². The number of para-hydroxylation sites is 1. The molecule has 4 nitrogen and oxygen atoms in total. The molecule has 0 saturated heterocycles. The predicted molar refractivity (Wildman–Crippen MR) is 105 cm³/mol. The standard InChI is InChI=1S/C18H20ClN3OS/c1-3-11-23-17-10-5-4-7-14(17)12-20-22-18(24)21-16-9-6-8-15(19)13(16)2/h4-10,12H,3,11H2,1-2H3,(H2,21,22,24)/b20-12-. The summed E-state index contributed by atoms with van der Waals surface area (Å²) in [5.41, 5.74) is 5.47. The van der Waals surface area contributed by atoms with Gasteiger partial charge in [0.15, 0.2) is 5.11 Å². The minimum absolute atomic E-state index is 0.392. The number of thiocarbonyl (C=S) groups is 1. The van der Waals surface area contributed by atoms with Gasteiger partial charge >= 0.3 is 0 Å². The molecule has 24 heavy (non-hydrogen) atoms. The van der Waals surface area contributed by atoms with Crippen molar-refractivity contribution in [3.05, 3.63) is 58.6 Å². The van der Waals surface area contributed by atoms with E-state index in [1.807, 2.05) is 49.4 Å². The van der Waals surface area contributed by atoms with Gasteiger partial charge in [0.1, 0.15) is 5.75 Å². The zero-order valence-corrected chi connectivity index (χ0v) is 15.2. The fourth-order valence-electron chi connectivity index (χ4n) is 1.98. The molecule has 0 unspecified atom stereocenters. The molecule has 6 heteroatoms. The van der Waals surface area contributed by atoms with Gasteiger partial charge in [-0.1, -0.05) is 36.7 Å². The molecule has 0 saturated carbocycles. The van der Waals surface area contributed by atoms with Crippen molar-refractivity contribution in [3.8, 4) is 5.75 Å². The number of hydrogen-bond donors (Lipinski definition) is 2. The van der Waals surface area contributed by atoms with Crippen LogP contribution in [0.4, 0.5) is 5.69 Å². The Balaban J connectivity index is 1.96. The molecule has 2 aromatic carbocycles. The van der Waals surface area contributed by atoms with Gasteiger partial charge in [0.25, 0.3) is 0 Å². The molecule has 0 aliphatic rings. The van der Waals surface area contributed by atoms with E-state index in [1.165, 1.54) is 0 Å². The van der Waals surface area contributed by atoms with Crippen LogP contribution in [0.2, 0.25) is 5.02 Å². The fourth-order valence-corrected chi connectivity index (χ4v) is 2.32. The second kappa shape index (κ2) is 9.25. The molecule has 0 aliphatic heterocycles. The van der Waals surface area contributed by atoms with Crippen LogP contribution >= 0.6 is 23.8 Å². The van der Waals surface area contributed by atoms with Gasteiger partial charge in [-0.05, 0) is 55.4 Å². The zero-order chi connectivity index (χ0) is 17.4. The molecule has 0 spiro atoms. The van der Waals surface area contributed by atoms with Crippen LogP contribution in [-0.2, 0) is 0 Å². The van der Waals surface area contributed by atoms with Gasteiger partial charge in [-0.2, -0.15) is 5.10 Å². The Morgan fingerprint density at radius 3 is 2.83 bits per heavy atom. The third kappa shape index (κ3) is 5.22. The van der Waals surface area contributed by atoms with Crippen LogP contribution in [0.25, 0.3) is 0 Å². The Hall–Kier alpha value is -2.11. The molecule has 2 rings (SSSR count). The van der Waals surface area contributed by atoms with Gasteiger partial charge in [0.2, 0.25) is 0 Å². The third-order valence-electron chi connectivity index (χ3n) is 3.27. The number of ether oxygens (including phenoxy) is 1. The molecule has 2 aromatic rings. The first-order valence-electron chi connectivity index (χ1n) is 7.68. The van der Waals surface area contributed by atoms with E-state index in [9.17, 15) is 0 Å². The summed E-state index contributed by atoms with van der Waals surface area (Å²) in [4.78, 5) is 0. The van der Waals surface area contributed by atoms with Crippen LogP contribution in [0, 0.1) is 6.92 Å². The number of hydrazone groups is 1. The molecule has 0 aliphatic carbocycles. The Morgan fingerprint density at radius 1 is 1.25 bits per heavy atom. The fraction of sp³-hybridized carbons (Fsp3) is 0.222. The second-order valence-corrected chi connectivity index (χ2v) is 5.94. The summed E-state index contributed by atoms with van der Waals surface area (Å²) in [5, 5.41) is 8.32. The number of nitrogens with zero attached hydrogens (tertiary/aromatic N) is 1.